The molecule has 112 valence electrons. The first-order chi connectivity index (χ1) is 10.1. The van der Waals surface area contributed by atoms with Crippen molar-refractivity contribution in [3.8, 4) is 0 Å². The van der Waals surface area contributed by atoms with Gasteiger partial charge in [-0.15, -0.1) is 11.8 Å². The Morgan fingerprint density at radius 2 is 1.95 bits per heavy atom. The Morgan fingerprint density at radius 3 is 2.62 bits per heavy atom. The number of nitrogens with zero attached hydrogens (tertiary/aromatic N) is 2. The minimum absolute atomic E-state index is 0.214. The number of aliphatic hydroxyl groups excluding tert-OH is 1. The molecule has 2 rings (SSSR count). The van der Waals surface area contributed by atoms with Gasteiger partial charge in [0.2, 0.25) is 0 Å². The predicted octanol–water partition coefficient (Wildman–Crippen LogP) is 2.65. The van der Waals surface area contributed by atoms with Crippen LogP contribution in [0.1, 0.15) is 17.5 Å². The van der Waals surface area contributed by atoms with E-state index in [0.29, 0.717) is 4.90 Å². The zero-order valence-electron chi connectivity index (χ0n) is 11.8. The molecule has 0 fully saturated rings. The molecule has 2 aromatic rings. The molecule has 0 amide bonds. The number of aromatic nitrogens is 2. The van der Waals surface area contributed by atoms with Crippen LogP contribution in [0.15, 0.2) is 40.2 Å². The highest BCUT2D eigenvalue weighted by Gasteiger charge is 2.08. The normalized spacial score (nSPS) is 10.8. The molecule has 1 aromatic heterocycles. The number of hydrogen-bond acceptors (Lipinski definition) is 4. The van der Waals surface area contributed by atoms with Gasteiger partial charge in [0.25, 0.3) is 5.56 Å². The fraction of sp³-hybridized carbons (Fsp3) is 0.333. The second kappa shape index (κ2) is 7.64. The van der Waals surface area contributed by atoms with Crippen LogP contribution in [0.4, 0.5) is 0 Å². The highest BCUT2D eigenvalue weighted by Crippen LogP contribution is 2.26. The third kappa shape index (κ3) is 4.33. The summed E-state index contributed by atoms with van der Waals surface area (Å²) in [7, 11) is 1.58. The summed E-state index contributed by atoms with van der Waals surface area (Å²) in [6.45, 7) is 0.214. The van der Waals surface area contributed by atoms with E-state index in [1.54, 1.807) is 13.2 Å². The van der Waals surface area contributed by atoms with Crippen LogP contribution in [0.2, 0.25) is 5.02 Å². The molecular formula is C15H17ClN2O2S. The lowest BCUT2D eigenvalue weighted by Crippen LogP contribution is -2.19. The van der Waals surface area contributed by atoms with Crippen molar-refractivity contribution in [2.24, 2.45) is 7.05 Å². The Balaban J connectivity index is 2.00. The van der Waals surface area contributed by atoms with E-state index in [1.165, 1.54) is 22.0 Å². The molecule has 6 heteroatoms. The van der Waals surface area contributed by atoms with Crippen molar-refractivity contribution in [1.82, 2.24) is 9.78 Å². The SMILES string of the molecule is Cn1ncc(SCc2ccc(CCCO)cc2)c(Cl)c1=O. The molecule has 4 nitrogen and oxygen atoms in total. The Hall–Kier alpha value is -1.30. The van der Waals surface area contributed by atoms with Crippen LogP contribution in [0.3, 0.4) is 0 Å². The number of aryl methyl sites for hydroxylation is 2. The summed E-state index contributed by atoms with van der Waals surface area (Å²) >= 11 is 7.53. The van der Waals surface area contributed by atoms with Gasteiger partial charge in [-0.05, 0) is 24.0 Å². The molecule has 0 spiro atoms. The van der Waals surface area contributed by atoms with Gasteiger partial charge in [-0.25, -0.2) is 4.68 Å². The van der Waals surface area contributed by atoms with E-state index in [2.05, 4.69) is 29.4 Å². The van der Waals surface area contributed by atoms with Crippen LogP contribution in [0.25, 0.3) is 0 Å². The van der Waals surface area contributed by atoms with Gasteiger partial charge in [0.1, 0.15) is 5.02 Å². The maximum absolute atomic E-state index is 11.7. The van der Waals surface area contributed by atoms with E-state index in [1.807, 2.05) is 0 Å². The molecule has 1 aromatic carbocycles. The molecule has 0 unspecified atom stereocenters. The highest BCUT2D eigenvalue weighted by atomic mass is 35.5. The van der Waals surface area contributed by atoms with Crippen molar-refractivity contribution in [3.63, 3.8) is 0 Å². The molecule has 0 radical (unpaired) electrons. The summed E-state index contributed by atoms with van der Waals surface area (Å²) in [4.78, 5) is 12.4. The summed E-state index contributed by atoms with van der Waals surface area (Å²) in [5.41, 5.74) is 2.09. The first-order valence-corrected chi connectivity index (χ1v) is 8.01. The van der Waals surface area contributed by atoms with Crippen LogP contribution < -0.4 is 5.56 Å². The molecule has 0 saturated carbocycles. The zero-order valence-corrected chi connectivity index (χ0v) is 13.3. The van der Waals surface area contributed by atoms with Gasteiger partial charge in [-0.2, -0.15) is 5.10 Å². The van der Waals surface area contributed by atoms with E-state index in [0.717, 1.165) is 24.2 Å². The Morgan fingerprint density at radius 1 is 1.29 bits per heavy atom. The van der Waals surface area contributed by atoms with Crippen molar-refractivity contribution >= 4 is 23.4 Å². The van der Waals surface area contributed by atoms with Crippen LogP contribution in [-0.4, -0.2) is 21.5 Å². The average molecular weight is 325 g/mol. The van der Waals surface area contributed by atoms with Crippen molar-refractivity contribution in [2.75, 3.05) is 6.61 Å². The van der Waals surface area contributed by atoms with Gasteiger partial charge in [0.05, 0.1) is 11.1 Å². The van der Waals surface area contributed by atoms with Gasteiger partial charge in [-0.1, -0.05) is 35.9 Å². The van der Waals surface area contributed by atoms with Gasteiger partial charge in [0.15, 0.2) is 0 Å². The lowest BCUT2D eigenvalue weighted by Gasteiger charge is -2.06. The van der Waals surface area contributed by atoms with Gasteiger partial charge in [-0.3, -0.25) is 4.79 Å². The second-order valence-corrected chi connectivity index (χ2v) is 6.08. The third-order valence-corrected chi connectivity index (χ3v) is 4.66. The average Bonchev–Trinajstić information content (AvgIpc) is 2.51. The Labute approximate surface area is 132 Å². The third-order valence-electron chi connectivity index (χ3n) is 3.09. The molecule has 0 bridgehead atoms. The van der Waals surface area contributed by atoms with Crippen LogP contribution >= 0.6 is 23.4 Å². The monoisotopic (exact) mass is 324 g/mol. The van der Waals surface area contributed by atoms with Crippen molar-refractivity contribution in [3.05, 3.63) is 57.0 Å². The summed E-state index contributed by atoms with van der Waals surface area (Å²) < 4.78 is 1.22. The van der Waals surface area contributed by atoms with E-state index in [9.17, 15) is 4.79 Å². The molecule has 1 heterocycles. The van der Waals surface area contributed by atoms with E-state index < -0.39 is 0 Å². The van der Waals surface area contributed by atoms with Crippen LogP contribution in [0.5, 0.6) is 0 Å². The van der Waals surface area contributed by atoms with Crippen molar-refractivity contribution in [2.45, 2.75) is 23.5 Å². The standard InChI is InChI=1S/C15H17ClN2O2S/c1-18-15(20)14(16)13(9-17-18)21-10-12-6-4-11(5-7-12)3-2-8-19/h4-7,9,19H,2-3,8,10H2,1H3. The Kier molecular flexibility index (Phi) is 5.85. The maximum Gasteiger partial charge on any atom is 0.286 e. The molecule has 21 heavy (non-hydrogen) atoms. The fourth-order valence-electron chi connectivity index (χ4n) is 1.84. The van der Waals surface area contributed by atoms with E-state index >= 15 is 0 Å². The fourth-order valence-corrected chi connectivity index (χ4v) is 3.03. The van der Waals surface area contributed by atoms with Gasteiger partial charge < -0.3 is 5.11 Å². The highest BCUT2D eigenvalue weighted by molar-refractivity contribution is 7.98. The molecular weight excluding hydrogens is 308 g/mol. The number of benzene rings is 1. The Bertz CT molecular complexity index is 656. The number of aliphatic hydroxyl groups is 1. The second-order valence-electron chi connectivity index (χ2n) is 4.68. The topological polar surface area (TPSA) is 55.1 Å². The summed E-state index contributed by atoms with van der Waals surface area (Å²) in [5.74, 6) is 0.731. The lowest BCUT2D eigenvalue weighted by atomic mass is 10.1. The molecule has 0 aliphatic carbocycles. The van der Waals surface area contributed by atoms with Crippen LogP contribution in [0, 0.1) is 0 Å². The van der Waals surface area contributed by atoms with E-state index in [-0.39, 0.29) is 17.2 Å². The van der Waals surface area contributed by atoms with E-state index in [4.69, 9.17) is 16.7 Å². The lowest BCUT2D eigenvalue weighted by molar-refractivity contribution is 0.288. The molecule has 0 atom stereocenters. The molecule has 0 saturated heterocycles. The quantitative estimate of drug-likeness (QED) is 0.830. The summed E-state index contributed by atoms with van der Waals surface area (Å²) in [5, 5.41) is 13.0. The molecule has 0 aliphatic heterocycles. The number of rotatable bonds is 6. The first-order valence-electron chi connectivity index (χ1n) is 6.65. The van der Waals surface area contributed by atoms with Gasteiger partial charge in [0, 0.05) is 19.4 Å². The predicted molar refractivity (Wildman–Crippen MR) is 85.9 cm³/mol. The minimum Gasteiger partial charge on any atom is -0.396 e. The first kappa shape index (κ1) is 16.1. The van der Waals surface area contributed by atoms with Crippen LogP contribution in [-0.2, 0) is 19.2 Å². The number of halogens is 1. The molecule has 1 N–H and O–H groups in total. The minimum atomic E-state index is -0.277. The number of hydrogen-bond donors (Lipinski definition) is 1. The smallest absolute Gasteiger partial charge is 0.286 e. The van der Waals surface area contributed by atoms with Crippen molar-refractivity contribution < 1.29 is 5.11 Å². The summed E-state index contributed by atoms with van der Waals surface area (Å²) in [6.07, 6.45) is 3.28. The summed E-state index contributed by atoms with van der Waals surface area (Å²) in [6, 6.07) is 8.25. The van der Waals surface area contributed by atoms with Gasteiger partial charge >= 0.3 is 0 Å². The number of thioether (sulfide) groups is 1. The zero-order chi connectivity index (χ0) is 15.2. The maximum atomic E-state index is 11.7. The largest absolute Gasteiger partial charge is 0.396 e. The molecule has 0 aliphatic rings. The van der Waals surface area contributed by atoms with Crippen molar-refractivity contribution in [1.29, 1.82) is 0 Å².